The predicted octanol–water partition coefficient (Wildman–Crippen LogP) is 3.36. The number of aryl methyl sites for hydroxylation is 2. The molecule has 1 aromatic rings. The van der Waals surface area contributed by atoms with Crippen LogP contribution in [-0.4, -0.2) is 45.4 Å². The van der Waals surface area contributed by atoms with Gasteiger partial charge in [0.15, 0.2) is 0 Å². The number of carboxylic acids is 2. The zero-order valence-electron chi connectivity index (χ0n) is 16.2. The van der Waals surface area contributed by atoms with E-state index in [1.807, 2.05) is 6.07 Å². The molecule has 8 nitrogen and oxygen atoms in total. The van der Waals surface area contributed by atoms with E-state index < -0.39 is 18.1 Å². The van der Waals surface area contributed by atoms with E-state index in [-0.39, 0.29) is 18.0 Å². The number of nitrogens with one attached hydrogen (secondary N) is 2. The van der Waals surface area contributed by atoms with Gasteiger partial charge in [-0.15, -0.1) is 0 Å². The molecule has 1 heterocycles. The number of aliphatic carboxylic acids is 2. The second-order valence-electron chi connectivity index (χ2n) is 7.33. The van der Waals surface area contributed by atoms with E-state index in [0.717, 1.165) is 24.2 Å². The highest BCUT2D eigenvalue weighted by molar-refractivity contribution is 5.89. The van der Waals surface area contributed by atoms with Crippen molar-refractivity contribution in [2.75, 3.05) is 5.32 Å². The Hall–Kier alpha value is -2.85. The highest BCUT2D eigenvalue weighted by atomic mass is 19.4. The molecule has 11 heteroatoms. The largest absolute Gasteiger partial charge is 0.490 e. The van der Waals surface area contributed by atoms with Crippen LogP contribution in [0.25, 0.3) is 0 Å². The Morgan fingerprint density at radius 1 is 1.03 bits per heavy atom. The maximum absolute atomic E-state index is 12.1. The third kappa shape index (κ3) is 7.20. The number of fused-ring (bicyclic) bond motifs is 1. The van der Waals surface area contributed by atoms with Crippen LogP contribution in [0.5, 0.6) is 0 Å². The number of nitrogens with zero attached hydrogens (tertiary/aromatic N) is 1. The molecular weight excluding hydrogens is 407 g/mol. The second-order valence-corrected chi connectivity index (χ2v) is 7.33. The van der Waals surface area contributed by atoms with Crippen LogP contribution in [-0.2, 0) is 22.4 Å². The minimum atomic E-state index is -5.08. The number of halogens is 3. The van der Waals surface area contributed by atoms with Crippen LogP contribution in [0.2, 0.25) is 0 Å². The van der Waals surface area contributed by atoms with E-state index in [1.165, 1.54) is 18.4 Å². The summed E-state index contributed by atoms with van der Waals surface area (Å²) in [6.45, 7) is 0. The third-order valence-electron chi connectivity index (χ3n) is 5.08. The normalized spacial score (nSPS) is 20.8. The predicted molar refractivity (Wildman–Crippen MR) is 100 cm³/mol. The standard InChI is InChI=1S/C17H23N3O3.C2HF3O2/c21-16(22)11-5-7-13(8-6-11)19-17(23)20-14-9-12-3-1-2-4-15(12)18-10-14;3-2(4,5)1(6)7/h9-11,13H,1-8H2,(H,21,22)(H2,19,20,23);(H,6,7). The summed E-state index contributed by atoms with van der Waals surface area (Å²) in [7, 11) is 0. The summed E-state index contributed by atoms with van der Waals surface area (Å²) < 4.78 is 31.7. The summed E-state index contributed by atoms with van der Waals surface area (Å²) in [4.78, 5) is 36.4. The number of hydrogen-bond acceptors (Lipinski definition) is 4. The van der Waals surface area contributed by atoms with Gasteiger partial charge in [0.2, 0.25) is 0 Å². The molecule has 2 aliphatic carbocycles. The van der Waals surface area contributed by atoms with E-state index in [4.69, 9.17) is 15.0 Å². The Morgan fingerprint density at radius 2 is 1.63 bits per heavy atom. The number of aromatic nitrogens is 1. The van der Waals surface area contributed by atoms with Gasteiger partial charge in [-0.1, -0.05) is 0 Å². The average molecular weight is 431 g/mol. The van der Waals surface area contributed by atoms with E-state index in [1.54, 1.807) is 6.20 Å². The summed E-state index contributed by atoms with van der Waals surface area (Å²) in [5.41, 5.74) is 3.10. The Bertz CT molecular complexity index is 777. The first-order valence-electron chi connectivity index (χ1n) is 9.64. The number of carbonyl (C=O) groups is 3. The molecule has 1 saturated carbocycles. The van der Waals surface area contributed by atoms with E-state index in [2.05, 4.69) is 15.6 Å². The molecule has 0 atom stereocenters. The first-order valence-corrected chi connectivity index (χ1v) is 9.64. The van der Waals surface area contributed by atoms with Crippen molar-refractivity contribution in [1.82, 2.24) is 10.3 Å². The van der Waals surface area contributed by atoms with Crippen molar-refractivity contribution >= 4 is 23.7 Å². The summed E-state index contributed by atoms with van der Waals surface area (Å²) in [6, 6.07) is 1.83. The molecule has 2 aliphatic rings. The van der Waals surface area contributed by atoms with Crippen molar-refractivity contribution in [3.05, 3.63) is 23.5 Å². The van der Waals surface area contributed by atoms with Crippen molar-refractivity contribution in [3.8, 4) is 0 Å². The SMILES string of the molecule is O=C(Nc1cnc2c(c1)CCCC2)NC1CCC(C(=O)O)CC1.O=C(O)C(F)(F)F. The summed E-state index contributed by atoms with van der Waals surface area (Å²) >= 11 is 0. The number of hydrogen-bond donors (Lipinski definition) is 4. The monoisotopic (exact) mass is 431 g/mol. The lowest BCUT2D eigenvalue weighted by atomic mass is 9.86. The first-order chi connectivity index (χ1) is 14.1. The van der Waals surface area contributed by atoms with E-state index in [0.29, 0.717) is 25.7 Å². The Balaban J connectivity index is 0.000000396. The number of carbonyl (C=O) groups excluding carboxylic acids is 1. The number of amides is 2. The van der Waals surface area contributed by atoms with Gasteiger partial charge < -0.3 is 20.8 Å². The molecule has 30 heavy (non-hydrogen) atoms. The molecule has 166 valence electrons. The number of alkyl halides is 3. The van der Waals surface area contributed by atoms with Gasteiger partial charge in [0.25, 0.3) is 0 Å². The molecule has 0 aromatic carbocycles. The van der Waals surface area contributed by atoms with Crippen molar-refractivity contribution in [2.24, 2.45) is 5.92 Å². The minimum absolute atomic E-state index is 0.0520. The van der Waals surface area contributed by atoms with Gasteiger partial charge in [0.05, 0.1) is 17.8 Å². The van der Waals surface area contributed by atoms with Gasteiger partial charge in [0.1, 0.15) is 0 Å². The van der Waals surface area contributed by atoms with Crippen molar-refractivity contribution in [3.63, 3.8) is 0 Å². The zero-order valence-corrected chi connectivity index (χ0v) is 16.2. The Kier molecular flexibility index (Phi) is 8.01. The topological polar surface area (TPSA) is 129 Å². The second kappa shape index (κ2) is 10.3. The molecule has 2 amide bonds. The fraction of sp³-hybridized carbons (Fsp3) is 0.579. The molecule has 0 aliphatic heterocycles. The molecular formula is C19H24F3N3O5. The van der Waals surface area contributed by atoms with Crippen LogP contribution in [0.1, 0.15) is 49.8 Å². The Morgan fingerprint density at radius 3 is 2.20 bits per heavy atom. The first kappa shape index (κ1) is 23.4. The quantitative estimate of drug-likeness (QED) is 0.581. The van der Waals surface area contributed by atoms with E-state index in [9.17, 15) is 22.8 Å². The van der Waals surface area contributed by atoms with Crippen molar-refractivity contribution in [2.45, 2.75) is 63.6 Å². The molecule has 4 N–H and O–H groups in total. The summed E-state index contributed by atoms with van der Waals surface area (Å²) in [5, 5.41) is 21.9. The van der Waals surface area contributed by atoms with Crippen LogP contribution >= 0.6 is 0 Å². The maximum atomic E-state index is 12.1. The van der Waals surface area contributed by atoms with Crippen molar-refractivity contribution < 1.29 is 37.8 Å². The van der Waals surface area contributed by atoms with Gasteiger partial charge in [-0.3, -0.25) is 9.78 Å². The lowest BCUT2D eigenvalue weighted by Gasteiger charge is -2.26. The fourth-order valence-corrected chi connectivity index (χ4v) is 3.49. The maximum Gasteiger partial charge on any atom is 0.490 e. The minimum Gasteiger partial charge on any atom is -0.481 e. The van der Waals surface area contributed by atoms with Crippen LogP contribution in [0.4, 0.5) is 23.7 Å². The van der Waals surface area contributed by atoms with Crippen LogP contribution in [0.15, 0.2) is 12.3 Å². The molecule has 0 spiro atoms. The third-order valence-corrected chi connectivity index (χ3v) is 5.08. The average Bonchev–Trinajstić information content (AvgIpc) is 2.68. The van der Waals surface area contributed by atoms with Gasteiger partial charge in [-0.2, -0.15) is 13.2 Å². The van der Waals surface area contributed by atoms with Gasteiger partial charge in [-0.05, 0) is 63.0 Å². The van der Waals surface area contributed by atoms with Gasteiger partial charge >= 0.3 is 24.1 Å². The molecule has 3 rings (SSSR count). The molecule has 1 fully saturated rings. The smallest absolute Gasteiger partial charge is 0.481 e. The highest BCUT2D eigenvalue weighted by Gasteiger charge is 2.38. The van der Waals surface area contributed by atoms with Crippen molar-refractivity contribution in [1.29, 1.82) is 0 Å². The van der Waals surface area contributed by atoms with Crippen LogP contribution in [0.3, 0.4) is 0 Å². The number of urea groups is 1. The highest BCUT2D eigenvalue weighted by Crippen LogP contribution is 2.25. The number of pyridine rings is 1. The van der Waals surface area contributed by atoms with Crippen LogP contribution in [0, 0.1) is 5.92 Å². The summed E-state index contributed by atoms with van der Waals surface area (Å²) in [5.74, 6) is -3.75. The number of rotatable bonds is 3. The summed E-state index contributed by atoms with van der Waals surface area (Å²) in [6.07, 6.45) is 3.73. The molecule has 0 bridgehead atoms. The van der Waals surface area contributed by atoms with Gasteiger partial charge in [0, 0.05) is 11.7 Å². The molecule has 0 unspecified atom stereocenters. The fourth-order valence-electron chi connectivity index (χ4n) is 3.49. The molecule has 0 saturated heterocycles. The van der Waals surface area contributed by atoms with Gasteiger partial charge in [-0.25, -0.2) is 9.59 Å². The molecule has 1 aromatic heterocycles. The van der Waals surface area contributed by atoms with Crippen LogP contribution < -0.4 is 10.6 Å². The Labute approximate surface area is 170 Å². The lowest BCUT2D eigenvalue weighted by molar-refractivity contribution is -0.192. The lowest BCUT2D eigenvalue weighted by Crippen LogP contribution is -2.41. The zero-order chi connectivity index (χ0) is 22.3. The molecule has 0 radical (unpaired) electrons. The number of anilines is 1. The van der Waals surface area contributed by atoms with E-state index >= 15 is 0 Å². The number of carboxylic acid groups (broad SMARTS) is 2.